The number of sulfonamides is 1. The second-order valence-corrected chi connectivity index (χ2v) is 9.60. The highest BCUT2D eigenvalue weighted by Crippen LogP contribution is 2.27. The van der Waals surface area contributed by atoms with Gasteiger partial charge in [0.2, 0.25) is 10.0 Å². The summed E-state index contributed by atoms with van der Waals surface area (Å²) in [6, 6.07) is 12.8. The van der Waals surface area contributed by atoms with Crippen molar-refractivity contribution in [1.82, 2.24) is 9.29 Å². The van der Waals surface area contributed by atoms with E-state index in [1.807, 2.05) is 24.4 Å². The zero-order chi connectivity index (χ0) is 23.6. The molecule has 1 aromatic heterocycles. The van der Waals surface area contributed by atoms with Gasteiger partial charge < -0.3 is 0 Å². The first-order valence-electron chi connectivity index (χ1n) is 10.5. The molecule has 0 saturated carbocycles. The van der Waals surface area contributed by atoms with Crippen molar-refractivity contribution in [3.8, 4) is 0 Å². The Hall–Kier alpha value is -1.14. The van der Waals surface area contributed by atoms with Gasteiger partial charge in [0.15, 0.2) is 0 Å². The van der Waals surface area contributed by atoms with Crippen LogP contribution in [-0.4, -0.2) is 95.2 Å². The van der Waals surface area contributed by atoms with Crippen LogP contribution in [0.25, 0.3) is 0 Å². The fourth-order valence-corrected chi connectivity index (χ4v) is 5.19. The van der Waals surface area contributed by atoms with Crippen molar-refractivity contribution in [2.75, 3.05) is 6.54 Å². The average Bonchev–Trinajstić information content (AvgIpc) is 2.79. The number of aryl methyl sites for hydroxylation is 1. The molecule has 1 fully saturated rings. The molecule has 2 aromatic rings. The molecule has 2 heterocycles. The van der Waals surface area contributed by atoms with Crippen LogP contribution in [0.2, 0.25) is 0 Å². The first-order chi connectivity index (χ1) is 15.3. The van der Waals surface area contributed by atoms with E-state index in [-0.39, 0.29) is 32.9 Å². The van der Waals surface area contributed by atoms with Crippen molar-refractivity contribution in [3.63, 3.8) is 0 Å². The largest absolute Gasteiger partial charge is 0.264 e. The van der Waals surface area contributed by atoms with E-state index < -0.39 is 10.0 Å². The van der Waals surface area contributed by atoms with Crippen LogP contribution in [0, 0.1) is 0 Å². The van der Waals surface area contributed by atoms with Gasteiger partial charge in [0.05, 0.1) is 4.90 Å². The summed E-state index contributed by atoms with van der Waals surface area (Å²) in [6.07, 6.45) is 7.54. The number of hydrogen-bond donors (Lipinski definition) is 0. The molecule has 0 aliphatic carbocycles. The van der Waals surface area contributed by atoms with Crippen molar-refractivity contribution < 1.29 is 8.42 Å². The summed E-state index contributed by atoms with van der Waals surface area (Å²) < 4.78 is 27.6. The molecule has 0 bridgehead atoms. The van der Waals surface area contributed by atoms with Gasteiger partial charge in [-0.15, -0.1) is 0 Å². The summed E-state index contributed by atoms with van der Waals surface area (Å²) >= 11 is 0. The second-order valence-electron chi connectivity index (χ2n) is 7.71. The van der Waals surface area contributed by atoms with Crippen molar-refractivity contribution in [1.29, 1.82) is 0 Å². The monoisotopic (exact) mass is 432 g/mol. The highest BCUT2D eigenvalue weighted by Gasteiger charge is 2.33. The van der Waals surface area contributed by atoms with Crippen LogP contribution in [0.4, 0.5) is 0 Å². The van der Waals surface area contributed by atoms with Crippen LogP contribution in [0.5, 0.6) is 0 Å². The van der Waals surface area contributed by atoms with E-state index in [1.54, 1.807) is 34.8 Å². The predicted molar refractivity (Wildman–Crippen MR) is 147 cm³/mol. The number of benzene rings is 1. The Balaban J connectivity index is 0.000000344. The normalized spacial score (nSPS) is 16.3. The topological polar surface area (TPSA) is 50.3 Å². The number of nitrogens with zero attached hydrogens (tertiary/aromatic N) is 2. The molecular weight excluding hydrogens is 406 g/mol. The van der Waals surface area contributed by atoms with Crippen LogP contribution in [0.15, 0.2) is 59.8 Å². The van der Waals surface area contributed by atoms with Gasteiger partial charge in [0.25, 0.3) is 0 Å². The molecular formula is C18H25B9N2O2S-. The van der Waals surface area contributed by atoms with E-state index in [4.69, 9.17) is 30.9 Å². The number of rotatable bonds is 8. The van der Waals surface area contributed by atoms with Gasteiger partial charge in [-0.2, -0.15) is 11.4 Å². The first kappa shape index (κ1) is 27.1. The van der Waals surface area contributed by atoms with Crippen LogP contribution < -0.4 is 0 Å². The van der Waals surface area contributed by atoms with E-state index >= 15 is 0 Å². The second kappa shape index (κ2) is 13.5. The summed E-state index contributed by atoms with van der Waals surface area (Å²) in [5, 5.41) is 0. The lowest BCUT2D eigenvalue weighted by atomic mass is 8.64. The minimum Gasteiger partial charge on any atom is -0.264 e. The third-order valence-electron chi connectivity index (χ3n) is 5.30. The molecule has 32 heavy (non-hydrogen) atoms. The van der Waals surface area contributed by atoms with E-state index in [2.05, 4.69) is 12.0 Å². The molecule has 3 rings (SSSR count). The molecule has 1 atom stereocenters. The van der Waals surface area contributed by atoms with Crippen molar-refractivity contribution in [2.24, 2.45) is 0 Å². The molecule has 1 unspecified atom stereocenters. The van der Waals surface area contributed by atoms with Crippen LogP contribution >= 0.6 is 0 Å². The number of pyridine rings is 1. The maximum atomic E-state index is 12.9. The summed E-state index contributed by atoms with van der Waals surface area (Å²) in [6.45, 7) is 0.620. The SMILES string of the molecule is O=S(=O)(c1ccccc1)N1CCCCC1CCc1cccnc1.[B]B([B])B([B][BH3-])B([B])[B]. The van der Waals surface area contributed by atoms with Gasteiger partial charge in [-0.1, -0.05) is 38.4 Å². The Morgan fingerprint density at radius 2 is 1.75 bits per heavy atom. The third kappa shape index (κ3) is 8.02. The fraction of sp³-hybridized carbons (Fsp3) is 0.389. The van der Waals surface area contributed by atoms with E-state index in [0.717, 1.165) is 37.7 Å². The van der Waals surface area contributed by atoms with Crippen LogP contribution in [0.1, 0.15) is 31.2 Å². The maximum absolute atomic E-state index is 12.9. The maximum Gasteiger partial charge on any atom is 0.243 e. The Morgan fingerprint density at radius 3 is 2.28 bits per heavy atom. The first-order valence-corrected chi connectivity index (χ1v) is 11.9. The number of aromatic nitrogens is 1. The van der Waals surface area contributed by atoms with Crippen LogP contribution in [0.3, 0.4) is 0 Å². The van der Waals surface area contributed by atoms with E-state index in [0.29, 0.717) is 11.4 Å². The lowest BCUT2D eigenvalue weighted by Gasteiger charge is -2.34. The lowest BCUT2D eigenvalue weighted by Crippen LogP contribution is -2.55. The van der Waals surface area contributed by atoms with E-state index in [1.165, 1.54) is 0 Å². The highest BCUT2D eigenvalue weighted by atomic mass is 32.2. The van der Waals surface area contributed by atoms with Gasteiger partial charge >= 0.3 is 0 Å². The van der Waals surface area contributed by atoms with E-state index in [9.17, 15) is 8.42 Å². The standard InChI is InChI=1S/C18H22N2O2S.B9H3/c21-23(22,18-9-2-1-3-10-18)20-14-5-4-8-17(20)12-11-16-7-6-13-19-15-16;1-6-9(7(2)3)8(4)5/h1-3,6-7,9-10,13,15,17H,4-5,8,11-12,14H2;1H3/q;-1. The molecule has 0 amide bonds. The molecule has 14 heteroatoms. The summed E-state index contributed by atoms with van der Waals surface area (Å²) in [4.78, 5) is 4.53. The van der Waals surface area contributed by atoms with Crippen molar-refractivity contribution in [3.05, 3.63) is 60.4 Å². The van der Waals surface area contributed by atoms with Gasteiger partial charge in [-0.05, 0) is 99.5 Å². The minimum absolute atomic E-state index is 0.0185. The lowest BCUT2D eigenvalue weighted by molar-refractivity contribution is 0.241. The molecule has 1 aromatic carbocycles. The van der Waals surface area contributed by atoms with Crippen molar-refractivity contribution in [2.45, 2.75) is 43.0 Å². The summed E-state index contributed by atoms with van der Waals surface area (Å²) in [5.74, 6) is 0. The molecule has 0 spiro atoms. The Bertz CT molecular complexity index is 884. The highest BCUT2D eigenvalue weighted by molar-refractivity contribution is 7.93. The quantitative estimate of drug-likeness (QED) is 0.506. The molecule has 1 aliphatic heterocycles. The number of piperidine rings is 1. The Morgan fingerprint density at radius 1 is 1.06 bits per heavy atom. The minimum atomic E-state index is -3.40. The molecule has 1 aliphatic rings. The summed E-state index contributed by atoms with van der Waals surface area (Å²) in [5.41, 5.74) is 1.16. The molecule has 9 radical (unpaired) electrons. The fourth-order valence-electron chi connectivity index (χ4n) is 3.44. The zero-order valence-electron chi connectivity index (χ0n) is 17.8. The Kier molecular flexibility index (Phi) is 11.5. The van der Waals surface area contributed by atoms with Gasteiger partial charge in [0.1, 0.15) is 0 Å². The smallest absolute Gasteiger partial charge is 0.243 e. The molecule has 153 valence electrons. The predicted octanol–water partition coefficient (Wildman–Crippen LogP) is -0.973. The molecule has 4 nitrogen and oxygen atoms in total. The van der Waals surface area contributed by atoms with Crippen molar-refractivity contribution >= 4 is 74.9 Å². The third-order valence-corrected chi connectivity index (χ3v) is 7.27. The summed E-state index contributed by atoms with van der Waals surface area (Å²) in [7, 11) is 20.4. The number of hydrogen-bond acceptors (Lipinski definition) is 3. The average molecular weight is 431 g/mol. The molecule has 0 N–H and O–H groups in total. The van der Waals surface area contributed by atoms with Gasteiger partial charge in [-0.25, -0.2) is 8.42 Å². The zero-order valence-corrected chi connectivity index (χ0v) is 18.6. The Labute approximate surface area is 202 Å². The molecule has 1 saturated heterocycles. The van der Waals surface area contributed by atoms with Crippen LogP contribution in [-0.2, 0) is 16.4 Å². The van der Waals surface area contributed by atoms with Gasteiger partial charge in [0, 0.05) is 25.0 Å². The van der Waals surface area contributed by atoms with Gasteiger partial charge in [-0.3, -0.25) is 4.98 Å².